The third-order valence-electron chi connectivity index (χ3n) is 5.36. The Bertz CT molecular complexity index is 419. The normalized spacial score (nSPS) is 23.3. The number of guanidine groups is 1. The average molecular weight is 497 g/mol. The second kappa shape index (κ2) is 13.9. The molecule has 0 aromatic carbocycles. The van der Waals surface area contributed by atoms with Crippen LogP contribution in [0.3, 0.4) is 0 Å². The molecule has 2 aliphatic heterocycles. The van der Waals surface area contributed by atoms with E-state index in [4.69, 9.17) is 9.47 Å². The fourth-order valence-electron chi connectivity index (χ4n) is 3.69. The van der Waals surface area contributed by atoms with E-state index in [0.29, 0.717) is 25.0 Å². The summed E-state index contributed by atoms with van der Waals surface area (Å²) >= 11 is 0. The number of halogens is 1. The average Bonchev–Trinajstić information content (AvgIpc) is 3.10. The lowest BCUT2D eigenvalue weighted by molar-refractivity contribution is 0.0536. The Morgan fingerprint density at radius 2 is 1.93 bits per heavy atom. The molecule has 2 heterocycles. The van der Waals surface area contributed by atoms with E-state index in [2.05, 4.69) is 39.0 Å². The van der Waals surface area contributed by atoms with Crippen LogP contribution in [0.15, 0.2) is 4.99 Å². The molecule has 2 aliphatic rings. The van der Waals surface area contributed by atoms with Crippen molar-refractivity contribution in [2.75, 3.05) is 93.4 Å². The van der Waals surface area contributed by atoms with E-state index in [9.17, 15) is 0 Å². The second-order valence-corrected chi connectivity index (χ2v) is 7.81. The van der Waals surface area contributed by atoms with Crippen LogP contribution in [-0.2, 0) is 9.47 Å². The third-order valence-corrected chi connectivity index (χ3v) is 5.36. The van der Waals surface area contributed by atoms with Gasteiger partial charge in [-0.15, -0.1) is 24.0 Å². The molecule has 2 unspecified atom stereocenters. The van der Waals surface area contributed by atoms with Gasteiger partial charge in [0, 0.05) is 72.4 Å². The minimum atomic E-state index is 0. The summed E-state index contributed by atoms with van der Waals surface area (Å²) < 4.78 is 10.7. The molecule has 2 saturated heterocycles. The Balaban J connectivity index is 0.00000364. The number of hydrogen-bond acceptors (Lipinski definition) is 5. The number of hydrogen-bond donors (Lipinski definition) is 1. The first kappa shape index (κ1) is 24.9. The van der Waals surface area contributed by atoms with E-state index in [1.54, 1.807) is 7.11 Å². The zero-order chi connectivity index (χ0) is 18.8. The maximum atomic E-state index is 5.69. The summed E-state index contributed by atoms with van der Waals surface area (Å²) in [6.45, 7) is 13.5. The van der Waals surface area contributed by atoms with E-state index >= 15 is 0 Å². The van der Waals surface area contributed by atoms with E-state index in [1.165, 1.54) is 32.6 Å². The van der Waals surface area contributed by atoms with E-state index in [1.807, 2.05) is 7.05 Å². The van der Waals surface area contributed by atoms with Crippen molar-refractivity contribution in [3.05, 3.63) is 0 Å². The number of ether oxygens (including phenoxy) is 2. The fourth-order valence-corrected chi connectivity index (χ4v) is 3.69. The van der Waals surface area contributed by atoms with Crippen LogP contribution in [0.5, 0.6) is 0 Å². The molecule has 0 bridgehead atoms. The summed E-state index contributed by atoms with van der Waals surface area (Å²) in [6, 6.07) is 0. The van der Waals surface area contributed by atoms with Crippen LogP contribution in [0.2, 0.25) is 0 Å². The van der Waals surface area contributed by atoms with Crippen LogP contribution in [-0.4, -0.2) is 114 Å². The molecule has 0 aromatic heterocycles. The monoisotopic (exact) mass is 497 g/mol. The Hall–Kier alpha value is -0.160. The number of piperazine rings is 1. The zero-order valence-electron chi connectivity index (χ0n) is 17.7. The van der Waals surface area contributed by atoms with Gasteiger partial charge in [-0.1, -0.05) is 6.92 Å². The van der Waals surface area contributed by atoms with Gasteiger partial charge in [-0.2, -0.15) is 0 Å². The third kappa shape index (κ3) is 9.25. The van der Waals surface area contributed by atoms with Gasteiger partial charge < -0.3 is 29.5 Å². The van der Waals surface area contributed by atoms with Gasteiger partial charge in [-0.05, 0) is 19.4 Å². The highest BCUT2D eigenvalue weighted by Gasteiger charge is 2.25. The molecule has 0 radical (unpaired) electrons. The lowest BCUT2D eigenvalue weighted by Gasteiger charge is -2.34. The molecule has 27 heavy (non-hydrogen) atoms. The minimum Gasteiger partial charge on any atom is -0.382 e. The highest BCUT2D eigenvalue weighted by Crippen LogP contribution is 2.16. The molecular weight excluding hydrogens is 457 g/mol. The Labute approximate surface area is 182 Å². The molecule has 2 atom stereocenters. The largest absolute Gasteiger partial charge is 0.382 e. The lowest BCUT2D eigenvalue weighted by Crippen LogP contribution is -2.48. The number of methoxy groups -OCH3 is 1. The second-order valence-electron chi connectivity index (χ2n) is 7.81. The first-order valence-electron chi connectivity index (χ1n) is 10.1. The quantitative estimate of drug-likeness (QED) is 0.223. The van der Waals surface area contributed by atoms with Crippen molar-refractivity contribution in [1.82, 2.24) is 20.0 Å². The van der Waals surface area contributed by atoms with Crippen LogP contribution < -0.4 is 5.32 Å². The predicted molar refractivity (Wildman–Crippen MR) is 122 cm³/mol. The summed E-state index contributed by atoms with van der Waals surface area (Å²) in [5.74, 6) is 2.24. The van der Waals surface area contributed by atoms with Crippen molar-refractivity contribution in [2.45, 2.75) is 13.3 Å². The van der Waals surface area contributed by atoms with Gasteiger partial charge >= 0.3 is 0 Å². The molecule has 0 aromatic rings. The highest BCUT2D eigenvalue weighted by atomic mass is 127. The molecule has 2 fully saturated rings. The van der Waals surface area contributed by atoms with Gasteiger partial charge in [-0.25, -0.2) is 0 Å². The first-order valence-corrected chi connectivity index (χ1v) is 10.1. The molecule has 0 spiro atoms. The molecule has 1 N–H and O–H groups in total. The number of likely N-dealkylation sites (tertiary alicyclic amines) is 1. The molecule has 2 rings (SSSR count). The van der Waals surface area contributed by atoms with Crippen LogP contribution in [0, 0.1) is 11.8 Å². The van der Waals surface area contributed by atoms with Gasteiger partial charge in [-0.3, -0.25) is 4.99 Å². The fraction of sp³-hybridized carbons (Fsp3) is 0.947. The number of aliphatic imine (C=N–C) groups is 1. The summed E-state index contributed by atoms with van der Waals surface area (Å²) in [4.78, 5) is 11.8. The predicted octanol–water partition coefficient (Wildman–Crippen LogP) is 1.05. The van der Waals surface area contributed by atoms with Gasteiger partial charge in [0.2, 0.25) is 0 Å². The van der Waals surface area contributed by atoms with Gasteiger partial charge in [0.15, 0.2) is 5.96 Å². The number of likely N-dealkylation sites (N-methyl/N-ethyl adjacent to an activating group) is 1. The maximum absolute atomic E-state index is 5.69. The van der Waals surface area contributed by atoms with Gasteiger partial charge in [0.1, 0.15) is 0 Å². The van der Waals surface area contributed by atoms with Crippen molar-refractivity contribution in [2.24, 2.45) is 16.8 Å². The topological polar surface area (TPSA) is 52.6 Å². The maximum Gasteiger partial charge on any atom is 0.193 e. The number of nitrogens with zero attached hydrogens (tertiary/aromatic N) is 4. The summed E-state index contributed by atoms with van der Waals surface area (Å²) in [6.07, 6.45) is 1.17. The first-order chi connectivity index (χ1) is 12.6. The summed E-state index contributed by atoms with van der Waals surface area (Å²) in [5, 5.41) is 3.58. The molecule has 160 valence electrons. The smallest absolute Gasteiger partial charge is 0.193 e. The van der Waals surface area contributed by atoms with E-state index in [-0.39, 0.29) is 24.0 Å². The molecule has 0 saturated carbocycles. The Morgan fingerprint density at radius 1 is 1.19 bits per heavy atom. The van der Waals surface area contributed by atoms with Gasteiger partial charge in [0.05, 0.1) is 19.8 Å². The van der Waals surface area contributed by atoms with Crippen molar-refractivity contribution in [3.63, 3.8) is 0 Å². The minimum absolute atomic E-state index is 0. The van der Waals surface area contributed by atoms with Crippen LogP contribution in [0.1, 0.15) is 13.3 Å². The summed E-state index contributed by atoms with van der Waals surface area (Å²) in [7, 11) is 5.80. The molecule has 0 aliphatic carbocycles. The molecular formula is C19H40IN5O2. The van der Waals surface area contributed by atoms with Gasteiger partial charge in [0.25, 0.3) is 0 Å². The highest BCUT2D eigenvalue weighted by molar-refractivity contribution is 14.0. The number of rotatable bonds is 9. The zero-order valence-corrected chi connectivity index (χ0v) is 20.0. The molecule has 0 amide bonds. The van der Waals surface area contributed by atoms with Crippen LogP contribution in [0.25, 0.3) is 0 Å². The Kier molecular flexibility index (Phi) is 12.8. The van der Waals surface area contributed by atoms with Crippen molar-refractivity contribution in [1.29, 1.82) is 0 Å². The van der Waals surface area contributed by atoms with Crippen molar-refractivity contribution >= 4 is 29.9 Å². The SMILES string of the molecule is CN=C(NCC(C)CN1CCN(C)CC1)N1CCC(COCCOC)C1.I. The van der Waals surface area contributed by atoms with Crippen molar-refractivity contribution < 1.29 is 9.47 Å². The standard InChI is InChI=1S/C19H39N5O2.HI/c1-17(14-23-9-7-22(3)8-10-23)13-21-19(20-2)24-6-5-18(15-24)16-26-12-11-25-4;/h17-18H,5-16H2,1-4H3,(H,20,21);1H. The number of nitrogens with one attached hydrogen (secondary N) is 1. The van der Waals surface area contributed by atoms with E-state index in [0.717, 1.165) is 38.7 Å². The van der Waals surface area contributed by atoms with Crippen LogP contribution in [0.4, 0.5) is 0 Å². The summed E-state index contributed by atoms with van der Waals surface area (Å²) in [5.41, 5.74) is 0. The lowest BCUT2D eigenvalue weighted by atomic mass is 10.1. The molecule has 7 nitrogen and oxygen atoms in total. The van der Waals surface area contributed by atoms with Crippen molar-refractivity contribution in [3.8, 4) is 0 Å². The van der Waals surface area contributed by atoms with E-state index < -0.39 is 0 Å². The molecule has 8 heteroatoms. The Morgan fingerprint density at radius 3 is 2.59 bits per heavy atom. The van der Waals surface area contributed by atoms with Crippen LogP contribution >= 0.6 is 24.0 Å².